The van der Waals surface area contributed by atoms with Crippen LogP contribution in [-0.4, -0.2) is 60.9 Å². The number of piperidine rings is 1. The first kappa shape index (κ1) is 24.2. The smallest absolute Gasteiger partial charge is 0.321 e. The Bertz CT molecular complexity index is 1260. The van der Waals surface area contributed by atoms with Gasteiger partial charge in [0.2, 0.25) is 0 Å². The van der Waals surface area contributed by atoms with Crippen molar-refractivity contribution in [2.75, 3.05) is 49.6 Å². The summed E-state index contributed by atoms with van der Waals surface area (Å²) in [6.45, 7) is 8.79. The number of rotatable bonds is 4. The van der Waals surface area contributed by atoms with Crippen LogP contribution in [0.4, 0.5) is 15.6 Å². The van der Waals surface area contributed by atoms with Gasteiger partial charge in [-0.05, 0) is 46.9 Å². The molecule has 0 bridgehead atoms. The number of thiazole rings is 1. The molecule has 2 aromatic carbocycles. The van der Waals surface area contributed by atoms with Gasteiger partial charge in [0.1, 0.15) is 11.4 Å². The van der Waals surface area contributed by atoms with Crippen molar-refractivity contribution < 1.29 is 14.3 Å². The Hall–Kier alpha value is -3.10. The summed E-state index contributed by atoms with van der Waals surface area (Å²) in [5.74, 6) is 1.48. The van der Waals surface area contributed by atoms with E-state index in [0.29, 0.717) is 32.2 Å². The van der Waals surface area contributed by atoms with E-state index in [-0.39, 0.29) is 11.6 Å². The summed E-state index contributed by atoms with van der Waals surface area (Å²) in [5, 5.41) is 6.33. The molecule has 3 aromatic rings. The summed E-state index contributed by atoms with van der Waals surface area (Å²) in [4.78, 5) is 21.5. The highest BCUT2D eigenvalue weighted by Crippen LogP contribution is 2.43. The zero-order chi connectivity index (χ0) is 25.4. The number of carbonyl (C=O) groups excluding carboxylic acids is 1. The predicted octanol–water partition coefficient (Wildman–Crippen LogP) is 5.77. The Kier molecular flexibility index (Phi) is 6.55. The number of hydrogen-bond acceptors (Lipinski definition) is 6. The van der Waals surface area contributed by atoms with Crippen molar-refractivity contribution >= 4 is 28.2 Å². The highest BCUT2D eigenvalue weighted by atomic mass is 32.1. The third kappa shape index (κ3) is 5.05. The fraction of sp³-hybridized carbons (Fsp3) is 0.448. The number of morpholine rings is 1. The van der Waals surface area contributed by atoms with Crippen LogP contribution in [0.1, 0.15) is 43.9 Å². The summed E-state index contributed by atoms with van der Waals surface area (Å²) < 4.78 is 11.9. The molecule has 0 aliphatic carbocycles. The first-order chi connectivity index (χ1) is 18.0. The van der Waals surface area contributed by atoms with Crippen LogP contribution in [0.5, 0.6) is 5.75 Å². The highest BCUT2D eigenvalue weighted by molar-refractivity contribution is 7.13. The molecule has 1 spiro atoms. The molecule has 6 rings (SSSR count). The van der Waals surface area contributed by atoms with Gasteiger partial charge in [0.25, 0.3) is 0 Å². The largest absolute Gasteiger partial charge is 0.487 e. The molecular formula is C29H34N4O3S. The minimum atomic E-state index is -0.108. The Morgan fingerprint density at radius 3 is 2.46 bits per heavy atom. The fourth-order valence-electron chi connectivity index (χ4n) is 5.40. The molecule has 2 amide bonds. The van der Waals surface area contributed by atoms with Gasteiger partial charge in [-0.25, -0.2) is 9.78 Å². The van der Waals surface area contributed by atoms with Crippen LogP contribution in [0.2, 0.25) is 0 Å². The quantitative estimate of drug-likeness (QED) is 0.475. The molecule has 4 heterocycles. The lowest BCUT2D eigenvalue weighted by atomic mass is 9.87. The SMILES string of the molecule is CC(C)c1csc(N2CCC3(CC2)Cc2cc(-c4ccc(NC(=O)N5CCOCC5)cc4)ccc2O3)n1. The zero-order valence-corrected chi connectivity index (χ0v) is 22.4. The van der Waals surface area contributed by atoms with Gasteiger partial charge in [-0.3, -0.25) is 0 Å². The molecule has 2 saturated heterocycles. The van der Waals surface area contributed by atoms with Crippen LogP contribution < -0.4 is 15.0 Å². The molecular weight excluding hydrogens is 484 g/mol. The zero-order valence-electron chi connectivity index (χ0n) is 21.5. The van der Waals surface area contributed by atoms with Gasteiger partial charge >= 0.3 is 6.03 Å². The molecule has 8 heteroatoms. The lowest BCUT2D eigenvalue weighted by Crippen LogP contribution is -2.47. The van der Waals surface area contributed by atoms with Crippen molar-refractivity contribution in [3.8, 4) is 16.9 Å². The van der Waals surface area contributed by atoms with E-state index in [4.69, 9.17) is 14.5 Å². The normalized spacial score (nSPS) is 18.7. The molecule has 3 aliphatic rings. The van der Waals surface area contributed by atoms with Crippen molar-refractivity contribution in [2.45, 2.75) is 44.6 Å². The number of amides is 2. The molecule has 2 fully saturated rings. The van der Waals surface area contributed by atoms with Gasteiger partial charge < -0.3 is 24.6 Å². The topological polar surface area (TPSA) is 66.9 Å². The number of carbonyl (C=O) groups is 1. The maximum Gasteiger partial charge on any atom is 0.321 e. The monoisotopic (exact) mass is 518 g/mol. The fourth-order valence-corrected chi connectivity index (χ4v) is 6.44. The van der Waals surface area contributed by atoms with Crippen LogP contribution in [0, 0.1) is 0 Å². The molecule has 0 saturated carbocycles. The molecule has 0 radical (unpaired) electrons. The Labute approximate surface area is 222 Å². The van der Waals surface area contributed by atoms with Crippen molar-refractivity contribution in [1.82, 2.24) is 9.88 Å². The van der Waals surface area contributed by atoms with E-state index in [0.717, 1.165) is 54.5 Å². The number of benzene rings is 2. The minimum absolute atomic E-state index is 0.0719. The van der Waals surface area contributed by atoms with E-state index in [1.165, 1.54) is 16.8 Å². The van der Waals surface area contributed by atoms with Crippen molar-refractivity contribution in [1.29, 1.82) is 0 Å². The molecule has 3 aliphatic heterocycles. The minimum Gasteiger partial charge on any atom is -0.487 e. The van der Waals surface area contributed by atoms with E-state index in [1.54, 1.807) is 16.2 Å². The number of anilines is 2. The van der Waals surface area contributed by atoms with E-state index >= 15 is 0 Å². The van der Waals surface area contributed by atoms with Crippen molar-refractivity contribution in [2.24, 2.45) is 0 Å². The number of nitrogens with one attached hydrogen (secondary N) is 1. The van der Waals surface area contributed by atoms with E-state index in [2.05, 4.69) is 59.8 Å². The highest BCUT2D eigenvalue weighted by Gasteiger charge is 2.42. The summed E-state index contributed by atoms with van der Waals surface area (Å²) in [5.41, 5.74) is 5.47. The molecule has 0 unspecified atom stereocenters. The van der Waals surface area contributed by atoms with E-state index in [9.17, 15) is 4.79 Å². The van der Waals surface area contributed by atoms with Crippen LogP contribution >= 0.6 is 11.3 Å². The number of ether oxygens (including phenoxy) is 2. The summed E-state index contributed by atoms with van der Waals surface area (Å²) in [6, 6.07) is 14.5. The van der Waals surface area contributed by atoms with Crippen molar-refractivity contribution in [3.63, 3.8) is 0 Å². The van der Waals surface area contributed by atoms with Crippen LogP contribution in [0.3, 0.4) is 0 Å². The summed E-state index contributed by atoms with van der Waals surface area (Å²) >= 11 is 1.76. The lowest BCUT2D eigenvalue weighted by Gasteiger charge is -2.38. The van der Waals surface area contributed by atoms with Crippen molar-refractivity contribution in [3.05, 3.63) is 59.1 Å². The number of urea groups is 1. The van der Waals surface area contributed by atoms with Crippen LogP contribution in [-0.2, 0) is 11.2 Å². The Morgan fingerprint density at radius 2 is 1.76 bits per heavy atom. The molecule has 0 atom stereocenters. The average molecular weight is 519 g/mol. The second kappa shape index (κ2) is 9.99. The second-order valence-corrected chi connectivity index (χ2v) is 11.4. The predicted molar refractivity (Wildman–Crippen MR) is 148 cm³/mol. The molecule has 1 aromatic heterocycles. The first-order valence-corrected chi connectivity index (χ1v) is 14.1. The van der Waals surface area contributed by atoms with Crippen LogP contribution in [0.25, 0.3) is 11.1 Å². The number of fused-ring (bicyclic) bond motifs is 1. The third-order valence-corrected chi connectivity index (χ3v) is 8.63. The molecule has 37 heavy (non-hydrogen) atoms. The molecule has 194 valence electrons. The lowest BCUT2D eigenvalue weighted by molar-refractivity contribution is 0.0564. The van der Waals surface area contributed by atoms with Gasteiger partial charge in [0.05, 0.1) is 18.9 Å². The van der Waals surface area contributed by atoms with Gasteiger partial charge in [-0.1, -0.05) is 32.0 Å². The van der Waals surface area contributed by atoms with Gasteiger partial charge in [0.15, 0.2) is 5.13 Å². The van der Waals surface area contributed by atoms with Gasteiger partial charge in [-0.2, -0.15) is 0 Å². The van der Waals surface area contributed by atoms with Gasteiger partial charge in [0, 0.05) is 56.5 Å². The summed E-state index contributed by atoms with van der Waals surface area (Å²) in [6.07, 6.45) is 2.96. The second-order valence-electron chi connectivity index (χ2n) is 10.6. The third-order valence-electron chi connectivity index (χ3n) is 7.71. The van der Waals surface area contributed by atoms with Gasteiger partial charge in [-0.15, -0.1) is 11.3 Å². The maximum atomic E-state index is 12.5. The number of nitrogens with zero attached hydrogens (tertiary/aromatic N) is 3. The van der Waals surface area contributed by atoms with Crippen LogP contribution in [0.15, 0.2) is 47.8 Å². The Balaban J connectivity index is 1.09. The van der Waals surface area contributed by atoms with E-state index < -0.39 is 0 Å². The molecule has 1 N–H and O–H groups in total. The number of aromatic nitrogens is 1. The van der Waals surface area contributed by atoms with E-state index in [1.807, 2.05) is 12.1 Å². The standard InChI is InChI=1S/C29H34N4O3S/c1-20(2)25-19-37-28(31-25)33-11-9-29(10-12-33)18-23-17-22(5-8-26(23)36-29)21-3-6-24(7-4-21)30-27(34)32-13-15-35-16-14-32/h3-8,17,19-20H,9-16,18H2,1-2H3,(H,30,34). The number of hydrogen-bond donors (Lipinski definition) is 1. The maximum absolute atomic E-state index is 12.5. The molecule has 7 nitrogen and oxygen atoms in total. The first-order valence-electron chi connectivity index (χ1n) is 13.2. The average Bonchev–Trinajstić information content (AvgIpc) is 3.55. The Morgan fingerprint density at radius 1 is 1.03 bits per heavy atom. The summed E-state index contributed by atoms with van der Waals surface area (Å²) in [7, 11) is 0.